The molecule has 0 spiro atoms. The maximum atomic E-state index is 13.8. The van der Waals surface area contributed by atoms with Gasteiger partial charge in [-0.05, 0) is 60.1 Å². The summed E-state index contributed by atoms with van der Waals surface area (Å²) in [5, 5.41) is 6.85. The highest BCUT2D eigenvalue weighted by atomic mass is 32.2. The van der Waals surface area contributed by atoms with Gasteiger partial charge in [-0.25, -0.2) is 21.9 Å². The molecule has 30 heavy (non-hydrogen) atoms. The lowest BCUT2D eigenvalue weighted by molar-refractivity contribution is -0.122. The van der Waals surface area contributed by atoms with E-state index in [1.54, 1.807) is 41.5 Å². The molecule has 0 saturated carbocycles. The maximum absolute atomic E-state index is 13.8. The van der Waals surface area contributed by atoms with Crippen LogP contribution in [-0.4, -0.2) is 35.7 Å². The van der Waals surface area contributed by atoms with Crippen molar-refractivity contribution in [3.05, 3.63) is 46.8 Å². The smallest absolute Gasteiger partial charge is 0.244 e. The number of carbonyl (C=O) groups is 1. The molecule has 166 valence electrons. The van der Waals surface area contributed by atoms with Gasteiger partial charge in [0.05, 0.1) is 11.4 Å². The van der Waals surface area contributed by atoms with Crippen LogP contribution in [0.5, 0.6) is 0 Å². The SMILES string of the molecule is Cc1nn(CC(=O)NC(C)Cc2c(F)cccc2F)c(C)c1S(=O)(=O)NC(C)(C)C. The number of sulfonamides is 1. The fraction of sp³-hybridized carbons (Fsp3) is 0.500. The molecular weight excluding hydrogens is 414 g/mol. The van der Waals surface area contributed by atoms with Gasteiger partial charge in [-0.1, -0.05) is 6.07 Å². The third-order valence-electron chi connectivity index (χ3n) is 4.30. The molecular formula is C20H28F2N4O3S. The van der Waals surface area contributed by atoms with Crippen LogP contribution in [0.4, 0.5) is 8.78 Å². The summed E-state index contributed by atoms with van der Waals surface area (Å²) in [5.41, 5.74) is -0.169. The number of benzene rings is 1. The Bertz CT molecular complexity index is 1020. The highest BCUT2D eigenvalue weighted by molar-refractivity contribution is 7.89. The van der Waals surface area contributed by atoms with Crippen molar-refractivity contribution in [1.29, 1.82) is 0 Å². The van der Waals surface area contributed by atoms with Crippen LogP contribution in [-0.2, 0) is 27.8 Å². The third kappa shape index (κ3) is 5.85. The van der Waals surface area contributed by atoms with Gasteiger partial charge in [0.25, 0.3) is 0 Å². The molecule has 0 aliphatic heterocycles. The molecule has 0 radical (unpaired) electrons. The van der Waals surface area contributed by atoms with Crippen molar-refractivity contribution in [1.82, 2.24) is 19.8 Å². The van der Waals surface area contributed by atoms with E-state index < -0.39 is 39.1 Å². The standard InChI is InChI=1S/C20H28F2N4O3S/c1-12(10-15-16(21)8-7-9-17(15)22)23-18(27)11-26-14(3)19(13(2)24-26)30(28,29)25-20(4,5)6/h7-9,12,25H,10-11H2,1-6H3,(H,23,27). The summed E-state index contributed by atoms with van der Waals surface area (Å²) in [6, 6.07) is 3.07. The monoisotopic (exact) mass is 442 g/mol. The first-order chi connectivity index (χ1) is 13.7. The predicted molar refractivity (Wildman–Crippen MR) is 109 cm³/mol. The van der Waals surface area contributed by atoms with Crippen molar-refractivity contribution >= 4 is 15.9 Å². The molecule has 1 unspecified atom stereocenters. The minimum Gasteiger partial charge on any atom is -0.352 e. The van der Waals surface area contributed by atoms with E-state index in [4.69, 9.17) is 0 Å². The molecule has 1 heterocycles. The van der Waals surface area contributed by atoms with Gasteiger partial charge in [-0.2, -0.15) is 5.10 Å². The van der Waals surface area contributed by atoms with Crippen LogP contribution in [0.15, 0.2) is 23.1 Å². The molecule has 0 bridgehead atoms. The van der Waals surface area contributed by atoms with Crippen molar-refractivity contribution < 1.29 is 22.0 Å². The maximum Gasteiger partial charge on any atom is 0.244 e. The van der Waals surface area contributed by atoms with Crippen molar-refractivity contribution in [2.24, 2.45) is 0 Å². The summed E-state index contributed by atoms with van der Waals surface area (Å²) >= 11 is 0. The van der Waals surface area contributed by atoms with Gasteiger partial charge < -0.3 is 5.32 Å². The zero-order valence-electron chi connectivity index (χ0n) is 18.0. The van der Waals surface area contributed by atoms with Crippen LogP contribution in [0.3, 0.4) is 0 Å². The molecule has 1 aromatic heterocycles. The molecule has 0 aliphatic carbocycles. The highest BCUT2D eigenvalue weighted by Crippen LogP contribution is 2.21. The van der Waals surface area contributed by atoms with Gasteiger partial charge in [-0.15, -0.1) is 0 Å². The zero-order chi connectivity index (χ0) is 22.9. The summed E-state index contributed by atoms with van der Waals surface area (Å²) in [6.45, 7) is 9.73. The van der Waals surface area contributed by atoms with Crippen LogP contribution < -0.4 is 10.0 Å². The third-order valence-corrected chi connectivity index (χ3v) is 6.31. The summed E-state index contributed by atoms with van der Waals surface area (Å²) in [5.74, 6) is -1.79. The van der Waals surface area contributed by atoms with Crippen molar-refractivity contribution in [2.75, 3.05) is 0 Å². The number of carbonyl (C=O) groups excluding carboxylic acids is 1. The number of nitrogens with zero attached hydrogens (tertiary/aromatic N) is 2. The summed E-state index contributed by atoms with van der Waals surface area (Å²) < 4.78 is 56.9. The van der Waals surface area contributed by atoms with E-state index in [-0.39, 0.29) is 29.1 Å². The summed E-state index contributed by atoms with van der Waals surface area (Å²) in [7, 11) is -3.82. The van der Waals surface area contributed by atoms with Crippen molar-refractivity contribution in [3.63, 3.8) is 0 Å². The van der Waals surface area contributed by atoms with Gasteiger partial charge in [0, 0.05) is 17.1 Å². The number of nitrogens with one attached hydrogen (secondary N) is 2. The van der Waals surface area contributed by atoms with Crippen LogP contribution in [0.2, 0.25) is 0 Å². The average Bonchev–Trinajstić information content (AvgIpc) is 2.83. The van der Waals surface area contributed by atoms with Gasteiger partial charge in [-0.3, -0.25) is 9.48 Å². The Labute approximate surface area is 175 Å². The Hall–Kier alpha value is -2.33. The fourth-order valence-electron chi connectivity index (χ4n) is 3.22. The molecule has 7 nitrogen and oxygen atoms in total. The zero-order valence-corrected chi connectivity index (χ0v) is 18.8. The van der Waals surface area contributed by atoms with Crippen LogP contribution >= 0.6 is 0 Å². The molecule has 2 rings (SSSR count). The summed E-state index contributed by atoms with van der Waals surface area (Å²) in [4.78, 5) is 12.4. The Kier molecular flexibility index (Phi) is 7.03. The number of hydrogen-bond acceptors (Lipinski definition) is 4. The lowest BCUT2D eigenvalue weighted by Gasteiger charge is -2.20. The first kappa shape index (κ1) is 23.9. The van der Waals surface area contributed by atoms with Gasteiger partial charge in [0.2, 0.25) is 15.9 Å². The Morgan fingerprint density at radius 1 is 1.20 bits per heavy atom. The second-order valence-corrected chi connectivity index (χ2v) is 10.0. The highest BCUT2D eigenvalue weighted by Gasteiger charge is 2.29. The number of halogens is 2. The lowest BCUT2D eigenvalue weighted by atomic mass is 10.1. The first-order valence-corrected chi connectivity index (χ1v) is 11.0. The molecule has 1 aromatic carbocycles. The Balaban J connectivity index is 2.13. The number of rotatable bonds is 7. The molecule has 1 amide bonds. The van der Waals surface area contributed by atoms with Crippen LogP contribution in [0.1, 0.15) is 44.6 Å². The Morgan fingerprint density at radius 3 is 2.30 bits per heavy atom. The predicted octanol–water partition coefficient (Wildman–Crippen LogP) is 2.60. The topological polar surface area (TPSA) is 93.1 Å². The van der Waals surface area contributed by atoms with Crippen LogP contribution in [0.25, 0.3) is 0 Å². The minimum atomic E-state index is -3.82. The number of aromatic nitrogens is 2. The van der Waals surface area contributed by atoms with E-state index >= 15 is 0 Å². The minimum absolute atomic E-state index is 0.0174. The van der Waals surface area contributed by atoms with Gasteiger partial charge in [0.15, 0.2) is 0 Å². The normalized spacial score (nSPS) is 13.3. The quantitative estimate of drug-likeness (QED) is 0.689. The summed E-state index contributed by atoms with van der Waals surface area (Å²) in [6.07, 6.45) is -0.0174. The van der Waals surface area contributed by atoms with Crippen molar-refractivity contribution in [3.8, 4) is 0 Å². The average molecular weight is 443 g/mol. The molecule has 10 heteroatoms. The molecule has 0 aliphatic rings. The molecule has 2 N–H and O–H groups in total. The van der Waals surface area contributed by atoms with E-state index in [1.165, 1.54) is 10.7 Å². The number of aryl methyl sites for hydroxylation is 1. The fourth-order valence-corrected chi connectivity index (χ4v) is 5.05. The second-order valence-electron chi connectivity index (χ2n) is 8.39. The Morgan fingerprint density at radius 2 is 1.77 bits per heavy atom. The largest absolute Gasteiger partial charge is 0.352 e. The molecule has 0 fully saturated rings. The van der Waals surface area contributed by atoms with E-state index in [9.17, 15) is 22.0 Å². The van der Waals surface area contributed by atoms with Gasteiger partial charge >= 0.3 is 0 Å². The van der Waals surface area contributed by atoms with Crippen molar-refractivity contribution in [2.45, 2.75) is 71.0 Å². The van der Waals surface area contributed by atoms with Crippen LogP contribution in [0, 0.1) is 25.5 Å². The van der Waals surface area contributed by atoms with E-state index in [1.807, 2.05) is 0 Å². The lowest BCUT2D eigenvalue weighted by Crippen LogP contribution is -2.41. The molecule has 2 aromatic rings. The molecule has 1 atom stereocenters. The van der Waals surface area contributed by atoms with E-state index in [0.29, 0.717) is 5.69 Å². The molecule has 0 saturated heterocycles. The number of hydrogen-bond donors (Lipinski definition) is 2. The van der Waals surface area contributed by atoms with E-state index in [0.717, 1.165) is 12.1 Å². The number of amides is 1. The van der Waals surface area contributed by atoms with E-state index in [2.05, 4.69) is 15.1 Å². The first-order valence-electron chi connectivity index (χ1n) is 9.51. The second kappa shape index (κ2) is 8.81. The van der Waals surface area contributed by atoms with Gasteiger partial charge in [0.1, 0.15) is 23.1 Å².